The summed E-state index contributed by atoms with van der Waals surface area (Å²) in [5, 5.41) is 8.36. The summed E-state index contributed by atoms with van der Waals surface area (Å²) in [6.45, 7) is 0. The summed E-state index contributed by atoms with van der Waals surface area (Å²) in [4.78, 5) is 0. The number of allylic oxidation sites excluding steroid dienone is 2. The van der Waals surface area contributed by atoms with E-state index < -0.39 is 0 Å². The minimum atomic E-state index is 0.489. The highest BCUT2D eigenvalue weighted by molar-refractivity contribution is 5.13. The maximum Gasteiger partial charge on any atom is 0.0930 e. The quantitative estimate of drug-likeness (QED) is 0.581. The lowest BCUT2D eigenvalue weighted by Gasteiger charge is -2.21. The number of hydrogen-bond acceptors (Lipinski definition) is 2. The second-order valence-corrected chi connectivity index (χ2v) is 3.11. The van der Waals surface area contributed by atoms with E-state index in [1.54, 1.807) is 0 Å². The van der Waals surface area contributed by atoms with E-state index in [-0.39, 0.29) is 0 Å². The van der Waals surface area contributed by atoms with Gasteiger partial charge >= 0.3 is 0 Å². The van der Waals surface area contributed by atoms with E-state index in [9.17, 15) is 0 Å². The molecule has 0 bridgehead atoms. The zero-order valence-corrected chi connectivity index (χ0v) is 6.71. The van der Waals surface area contributed by atoms with Gasteiger partial charge in [0.2, 0.25) is 0 Å². The fourth-order valence-electron chi connectivity index (χ4n) is 1.63. The third-order valence-corrected chi connectivity index (χ3v) is 2.31. The minimum Gasteiger partial charge on any atom is -0.401 e. The second-order valence-electron chi connectivity index (χ2n) is 3.11. The van der Waals surface area contributed by atoms with Crippen molar-refractivity contribution >= 4 is 0 Å². The summed E-state index contributed by atoms with van der Waals surface area (Å²) < 4.78 is 0. The number of hydrogen-bond donors (Lipinski definition) is 1. The molecule has 0 aromatic heterocycles. The zero-order valence-electron chi connectivity index (χ0n) is 6.71. The average molecular weight is 150 g/mol. The Balaban J connectivity index is 2.46. The van der Waals surface area contributed by atoms with Crippen molar-refractivity contribution in [2.45, 2.75) is 32.1 Å². The Morgan fingerprint density at radius 3 is 2.55 bits per heavy atom. The number of nitrogens with zero attached hydrogens (tertiary/aromatic N) is 1. The van der Waals surface area contributed by atoms with E-state index in [2.05, 4.69) is 0 Å². The molecule has 60 valence electrons. The summed E-state index contributed by atoms with van der Waals surface area (Å²) in [5.74, 6) is 0.489. The Kier molecular flexibility index (Phi) is 2.97. The van der Waals surface area contributed by atoms with E-state index in [4.69, 9.17) is 11.0 Å². The fourth-order valence-corrected chi connectivity index (χ4v) is 1.63. The van der Waals surface area contributed by atoms with Crippen molar-refractivity contribution in [1.29, 1.82) is 5.26 Å². The maximum atomic E-state index is 8.36. The van der Waals surface area contributed by atoms with E-state index in [1.807, 2.05) is 6.07 Å². The van der Waals surface area contributed by atoms with Crippen molar-refractivity contribution in [1.82, 2.24) is 0 Å². The first kappa shape index (κ1) is 8.13. The molecule has 11 heavy (non-hydrogen) atoms. The van der Waals surface area contributed by atoms with Crippen LogP contribution in [-0.4, -0.2) is 0 Å². The fraction of sp³-hybridized carbons (Fsp3) is 0.667. The van der Waals surface area contributed by atoms with Crippen LogP contribution in [0.2, 0.25) is 0 Å². The van der Waals surface area contributed by atoms with E-state index in [1.165, 1.54) is 38.2 Å². The zero-order chi connectivity index (χ0) is 8.10. The van der Waals surface area contributed by atoms with Crippen LogP contribution in [0, 0.1) is 17.2 Å². The molecule has 0 radical (unpaired) electrons. The van der Waals surface area contributed by atoms with Crippen molar-refractivity contribution in [2.24, 2.45) is 11.7 Å². The van der Waals surface area contributed by atoms with Crippen LogP contribution in [0.25, 0.3) is 0 Å². The minimum absolute atomic E-state index is 0.489. The SMILES string of the molecule is N#C/C=C(\N)C1CCCCC1. The van der Waals surface area contributed by atoms with E-state index in [0.29, 0.717) is 5.92 Å². The summed E-state index contributed by atoms with van der Waals surface area (Å²) in [5.41, 5.74) is 6.48. The topological polar surface area (TPSA) is 49.8 Å². The largest absolute Gasteiger partial charge is 0.401 e. The van der Waals surface area contributed by atoms with Gasteiger partial charge in [0, 0.05) is 11.8 Å². The molecule has 2 nitrogen and oxygen atoms in total. The van der Waals surface area contributed by atoms with Crippen molar-refractivity contribution in [2.75, 3.05) is 0 Å². The van der Waals surface area contributed by atoms with Crippen LogP contribution in [0.3, 0.4) is 0 Å². The van der Waals surface area contributed by atoms with E-state index >= 15 is 0 Å². The molecular weight excluding hydrogens is 136 g/mol. The standard InChI is InChI=1S/C9H14N2/c10-7-6-9(11)8-4-2-1-3-5-8/h6,8H,1-5,11H2/b9-6-. The van der Waals surface area contributed by atoms with Gasteiger partial charge in [-0.05, 0) is 18.8 Å². The van der Waals surface area contributed by atoms with Gasteiger partial charge in [0.15, 0.2) is 0 Å². The lowest BCUT2D eigenvalue weighted by Crippen LogP contribution is -2.14. The number of nitriles is 1. The molecule has 0 aromatic rings. The third-order valence-electron chi connectivity index (χ3n) is 2.31. The molecule has 0 atom stereocenters. The van der Waals surface area contributed by atoms with Gasteiger partial charge in [-0.15, -0.1) is 0 Å². The van der Waals surface area contributed by atoms with Gasteiger partial charge in [-0.3, -0.25) is 0 Å². The Labute approximate surface area is 67.7 Å². The van der Waals surface area contributed by atoms with Crippen LogP contribution in [0.1, 0.15) is 32.1 Å². The van der Waals surface area contributed by atoms with Gasteiger partial charge in [0.1, 0.15) is 0 Å². The van der Waals surface area contributed by atoms with Gasteiger partial charge in [0.25, 0.3) is 0 Å². The first-order valence-corrected chi connectivity index (χ1v) is 4.19. The summed E-state index contributed by atoms with van der Waals surface area (Å²) in [6, 6.07) is 1.98. The monoisotopic (exact) mass is 150 g/mol. The van der Waals surface area contributed by atoms with Gasteiger partial charge in [-0.25, -0.2) is 0 Å². The highest BCUT2D eigenvalue weighted by atomic mass is 14.6. The third kappa shape index (κ3) is 2.27. The Hall–Kier alpha value is -0.970. The molecule has 0 aliphatic heterocycles. The molecule has 0 spiro atoms. The van der Waals surface area contributed by atoms with E-state index in [0.717, 1.165) is 5.70 Å². The van der Waals surface area contributed by atoms with Crippen LogP contribution < -0.4 is 5.73 Å². The Bertz CT molecular complexity index is 182. The maximum absolute atomic E-state index is 8.36. The van der Waals surface area contributed by atoms with Crippen molar-refractivity contribution < 1.29 is 0 Å². The summed E-state index contributed by atoms with van der Waals surface area (Å²) in [6.07, 6.45) is 7.69. The molecule has 0 unspecified atom stereocenters. The molecule has 0 amide bonds. The molecule has 1 aliphatic carbocycles. The second kappa shape index (κ2) is 4.02. The van der Waals surface area contributed by atoms with Crippen LogP contribution in [0.15, 0.2) is 11.8 Å². The molecule has 2 heteroatoms. The highest BCUT2D eigenvalue weighted by Crippen LogP contribution is 2.26. The van der Waals surface area contributed by atoms with Gasteiger partial charge in [-0.2, -0.15) is 5.26 Å². The van der Waals surface area contributed by atoms with Crippen LogP contribution in [0.5, 0.6) is 0 Å². The first-order chi connectivity index (χ1) is 5.34. The predicted octanol–water partition coefficient (Wildman–Crippen LogP) is 1.93. The van der Waals surface area contributed by atoms with Gasteiger partial charge < -0.3 is 5.73 Å². The van der Waals surface area contributed by atoms with Crippen LogP contribution in [0.4, 0.5) is 0 Å². The lowest BCUT2D eigenvalue weighted by atomic mass is 9.87. The normalized spacial score (nSPS) is 21.2. The Morgan fingerprint density at radius 1 is 1.36 bits per heavy atom. The predicted molar refractivity (Wildman–Crippen MR) is 44.5 cm³/mol. The van der Waals surface area contributed by atoms with Crippen molar-refractivity contribution in [3.63, 3.8) is 0 Å². The summed E-state index contributed by atoms with van der Waals surface area (Å²) in [7, 11) is 0. The first-order valence-electron chi connectivity index (χ1n) is 4.19. The molecule has 1 fully saturated rings. The molecule has 1 saturated carbocycles. The van der Waals surface area contributed by atoms with Gasteiger partial charge in [0.05, 0.1) is 6.07 Å². The molecular formula is C9H14N2. The summed E-state index contributed by atoms with van der Waals surface area (Å²) >= 11 is 0. The van der Waals surface area contributed by atoms with Crippen molar-refractivity contribution in [3.8, 4) is 6.07 Å². The Morgan fingerprint density at radius 2 is 2.00 bits per heavy atom. The number of nitrogens with two attached hydrogens (primary N) is 1. The molecule has 0 aromatic carbocycles. The van der Waals surface area contributed by atoms with Crippen LogP contribution >= 0.6 is 0 Å². The molecule has 2 N–H and O–H groups in total. The lowest BCUT2D eigenvalue weighted by molar-refractivity contribution is 0.400. The molecule has 1 aliphatic rings. The van der Waals surface area contributed by atoms with Gasteiger partial charge in [-0.1, -0.05) is 19.3 Å². The highest BCUT2D eigenvalue weighted by Gasteiger charge is 2.14. The molecule has 1 rings (SSSR count). The number of rotatable bonds is 1. The smallest absolute Gasteiger partial charge is 0.0930 e. The van der Waals surface area contributed by atoms with Crippen molar-refractivity contribution in [3.05, 3.63) is 11.8 Å². The molecule has 0 saturated heterocycles. The average Bonchev–Trinajstić information content (AvgIpc) is 2.07. The van der Waals surface area contributed by atoms with Crippen LogP contribution in [-0.2, 0) is 0 Å². The molecule has 0 heterocycles.